The summed E-state index contributed by atoms with van der Waals surface area (Å²) in [6, 6.07) is 5.65. The number of hydrogen-bond donors (Lipinski definition) is 3. The zero-order chi connectivity index (χ0) is 20.6. The van der Waals surface area contributed by atoms with Crippen molar-refractivity contribution >= 4 is 35.0 Å². The van der Waals surface area contributed by atoms with E-state index in [1.807, 2.05) is 4.90 Å². The molecule has 0 bridgehead atoms. The number of hydroxylamine groups is 1. The molecule has 0 spiro atoms. The topological polar surface area (TPSA) is 112 Å². The highest BCUT2D eigenvalue weighted by Crippen LogP contribution is 2.19. The summed E-state index contributed by atoms with van der Waals surface area (Å²) in [5.41, 5.74) is 3.50. The zero-order valence-electron chi connectivity index (χ0n) is 16.1. The first-order valence-corrected chi connectivity index (χ1v) is 11.2. The number of rotatable bonds is 8. The second-order valence-electron chi connectivity index (χ2n) is 7.19. The van der Waals surface area contributed by atoms with Crippen molar-refractivity contribution in [3.8, 4) is 6.07 Å². The maximum absolute atomic E-state index is 12.4. The second kappa shape index (κ2) is 11.1. The van der Waals surface area contributed by atoms with Gasteiger partial charge in [-0.25, -0.2) is 4.98 Å². The highest BCUT2D eigenvalue weighted by molar-refractivity contribution is 7.99. The number of quaternary nitrogens is 1. The van der Waals surface area contributed by atoms with E-state index < -0.39 is 0 Å². The number of amides is 1. The molecule has 2 aliphatic rings. The van der Waals surface area contributed by atoms with Gasteiger partial charge in [0, 0.05) is 50.3 Å². The molecule has 3 rings (SSSR count). The summed E-state index contributed by atoms with van der Waals surface area (Å²) in [6.07, 6.45) is 3.03. The Labute approximate surface area is 179 Å². The van der Waals surface area contributed by atoms with Crippen LogP contribution in [0.3, 0.4) is 0 Å². The van der Waals surface area contributed by atoms with Gasteiger partial charge in [0.25, 0.3) is 0 Å². The Hall–Kier alpha value is -1.45. The van der Waals surface area contributed by atoms with Crippen LogP contribution in [0.4, 0.5) is 5.69 Å². The van der Waals surface area contributed by atoms with Gasteiger partial charge in [0.15, 0.2) is 5.15 Å². The summed E-state index contributed by atoms with van der Waals surface area (Å²) in [6.45, 7) is 2.93. The number of nitrogens with zero attached hydrogens (tertiary/aromatic N) is 4. The molecule has 29 heavy (non-hydrogen) atoms. The third kappa shape index (κ3) is 6.52. The van der Waals surface area contributed by atoms with Crippen LogP contribution in [-0.4, -0.2) is 77.1 Å². The van der Waals surface area contributed by atoms with E-state index in [4.69, 9.17) is 16.9 Å². The highest BCUT2D eigenvalue weighted by Gasteiger charge is 2.27. The van der Waals surface area contributed by atoms with E-state index in [0.29, 0.717) is 31.9 Å². The van der Waals surface area contributed by atoms with Crippen molar-refractivity contribution in [2.75, 3.05) is 49.7 Å². The first kappa shape index (κ1) is 22.2. The maximum atomic E-state index is 12.4. The van der Waals surface area contributed by atoms with E-state index in [1.54, 1.807) is 30.1 Å². The molecule has 158 valence electrons. The summed E-state index contributed by atoms with van der Waals surface area (Å²) in [5.74, 6) is 1.54. The fourth-order valence-electron chi connectivity index (χ4n) is 3.51. The molecular weight excluding hydrogens is 414 g/mol. The molecule has 1 amide bonds. The van der Waals surface area contributed by atoms with Gasteiger partial charge >= 0.3 is 0 Å². The largest absolute Gasteiger partial charge is 0.613 e. The molecule has 2 unspecified atom stereocenters. The number of likely N-dealkylation sites (tertiary alicyclic amines) is 1. The number of nitriles is 1. The number of carbonyl (C=O) groups is 1. The first-order chi connectivity index (χ1) is 14.1. The van der Waals surface area contributed by atoms with Gasteiger partial charge in [0.05, 0.1) is 24.8 Å². The normalized spacial score (nSPS) is 22.3. The Morgan fingerprint density at radius 2 is 2.28 bits per heavy atom. The van der Waals surface area contributed by atoms with Gasteiger partial charge in [-0.2, -0.15) is 10.7 Å². The predicted molar refractivity (Wildman–Crippen MR) is 113 cm³/mol. The van der Waals surface area contributed by atoms with Gasteiger partial charge in [0.1, 0.15) is 12.1 Å². The van der Waals surface area contributed by atoms with Gasteiger partial charge in [-0.15, -0.1) is 11.8 Å². The van der Waals surface area contributed by atoms with Crippen LogP contribution in [0.1, 0.15) is 12.8 Å². The van der Waals surface area contributed by atoms with E-state index >= 15 is 0 Å². The van der Waals surface area contributed by atoms with E-state index in [0.717, 1.165) is 24.5 Å². The highest BCUT2D eigenvalue weighted by atomic mass is 35.5. The Morgan fingerprint density at radius 3 is 3.00 bits per heavy atom. The fraction of sp³-hybridized carbons (Fsp3) is 0.611. The van der Waals surface area contributed by atoms with Crippen molar-refractivity contribution < 1.29 is 9.97 Å². The van der Waals surface area contributed by atoms with Crippen LogP contribution >= 0.6 is 23.4 Å². The minimum absolute atomic E-state index is 0.0261. The number of pyridine rings is 1. The zero-order valence-corrected chi connectivity index (χ0v) is 17.7. The van der Waals surface area contributed by atoms with Crippen molar-refractivity contribution in [1.29, 1.82) is 5.26 Å². The number of nitrogens with one attached hydrogen (secondary N) is 3. The molecule has 2 aliphatic heterocycles. The molecule has 2 saturated heterocycles. The lowest BCUT2D eigenvalue weighted by Crippen LogP contribution is -3.18. The molecule has 9 nitrogen and oxygen atoms in total. The fourth-order valence-corrected chi connectivity index (χ4v) is 4.83. The van der Waals surface area contributed by atoms with E-state index in [2.05, 4.69) is 26.7 Å². The van der Waals surface area contributed by atoms with Gasteiger partial charge in [-0.3, -0.25) is 19.8 Å². The predicted octanol–water partition coefficient (Wildman–Crippen LogP) is -0.0763. The molecule has 0 aromatic carbocycles. The van der Waals surface area contributed by atoms with E-state index in [-0.39, 0.29) is 34.9 Å². The third-order valence-corrected chi connectivity index (χ3v) is 6.55. The van der Waals surface area contributed by atoms with Crippen molar-refractivity contribution in [3.63, 3.8) is 0 Å². The Kier molecular flexibility index (Phi) is 8.50. The second-order valence-corrected chi connectivity index (χ2v) is 8.55. The molecule has 0 radical (unpaired) electrons. The monoisotopic (exact) mass is 439 g/mol. The first-order valence-electron chi connectivity index (χ1n) is 9.68. The SMILES string of the molecule is N#CC1CSCN1CCN[NH+]([O-])C1CCN(CC(=O)Nc2cccnc2Cl)CC1. The lowest BCUT2D eigenvalue weighted by Gasteiger charge is -2.37. The minimum atomic E-state index is -0.140. The van der Waals surface area contributed by atoms with Gasteiger partial charge in [-0.05, 0) is 12.1 Å². The Morgan fingerprint density at radius 1 is 1.48 bits per heavy atom. The quantitative estimate of drug-likeness (QED) is 0.381. The standard InChI is InChI=1S/C18H26ClN7O2S/c19-18-16(2-1-5-21-18)23-17(27)11-24-7-3-14(4-8-24)26(28)22-6-9-25-13-29-12-15(25)10-20/h1-2,5,14-15,22,26H,3-4,6-9,11-13H2,(H,23,27). The van der Waals surface area contributed by atoms with Gasteiger partial charge < -0.3 is 10.5 Å². The lowest BCUT2D eigenvalue weighted by molar-refractivity contribution is -0.923. The number of hydrogen-bond acceptors (Lipinski definition) is 8. The average Bonchev–Trinajstić information content (AvgIpc) is 3.17. The van der Waals surface area contributed by atoms with Crippen LogP contribution in [0.25, 0.3) is 0 Å². The average molecular weight is 440 g/mol. The number of halogens is 1. The van der Waals surface area contributed by atoms with Crippen molar-refractivity contribution in [3.05, 3.63) is 28.7 Å². The molecule has 0 aliphatic carbocycles. The molecule has 1 aromatic rings. The molecule has 2 fully saturated rings. The van der Waals surface area contributed by atoms with Gasteiger partial charge in [-0.1, -0.05) is 11.6 Å². The molecular formula is C18H26ClN7O2S. The summed E-state index contributed by atoms with van der Waals surface area (Å²) >= 11 is 7.71. The number of anilines is 1. The van der Waals surface area contributed by atoms with Crippen LogP contribution in [-0.2, 0) is 4.79 Å². The summed E-state index contributed by atoms with van der Waals surface area (Å²) in [5, 5.41) is 24.6. The minimum Gasteiger partial charge on any atom is -0.613 e. The molecule has 3 heterocycles. The van der Waals surface area contributed by atoms with Crippen LogP contribution in [0.15, 0.2) is 18.3 Å². The third-order valence-electron chi connectivity index (χ3n) is 5.18. The van der Waals surface area contributed by atoms with Crippen LogP contribution in [0, 0.1) is 16.5 Å². The summed E-state index contributed by atoms with van der Waals surface area (Å²) in [7, 11) is 0. The molecule has 11 heteroatoms. The molecule has 0 saturated carbocycles. The number of thioether (sulfide) groups is 1. The smallest absolute Gasteiger partial charge is 0.238 e. The van der Waals surface area contributed by atoms with E-state index in [9.17, 15) is 10.0 Å². The van der Waals surface area contributed by atoms with Crippen molar-refractivity contribution in [1.82, 2.24) is 20.2 Å². The maximum Gasteiger partial charge on any atom is 0.238 e. The molecule has 2 atom stereocenters. The molecule has 1 aromatic heterocycles. The number of aromatic nitrogens is 1. The van der Waals surface area contributed by atoms with E-state index in [1.165, 1.54) is 0 Å². The van der Waals surface area contributed by atoms with Crippen molar-refractivity contribution in [2.24, 2.45) is 0 Å². The number of carbonyl (C=O) groups excluding carboxylic acids is 1. The van der Waals surface area contributed by atoms with Crippen molar-refractivity contribution in [2.45, 2.75) is 24.9 Å². The summed E-state index contributed by atoms with van der Waals surface area (Å²) in [4.78, 5) is 20.3. The lowest BCUT2D eigenvalue weighted by atomic mass is 10.1. The Bertz CT molecular complexity index is 726. The van der Waals surface area contributed by atoms with Crippen LogP contribution < -0.4 is 15.9 Å². The molecule has 3 N–H and O–H groups in total. The number of piperidine rings is 1. The van der Waals surface area contributed by atoms with Crippen LogP contribution in [0.2, 0.25) is 5.15 Å². The Balaban J connectivity index is 1.33. The van der Waals surface area contributed by atoms with Gasteiger partial charge in [0.2, 0.25) is 5.91 Å². The summed E-state index contributed by atoms with van der Waals surface area (Å²) < 4.78 is 0. The van der Waals surface area contributed by atoms with Crippen LogP contribution in [0.5, 0.6) is 0 Å².